The first-order valence-corrected chi connectivity index (χ1v) is 11.1. The van der Waals surface area contributed by atoms with Gasteiger partial charge >= 0.3 is 6.09 Å². The van der Waals surface area contributed by atoms with E-state index in [9.17, 15) is 9.59 Å². The smallest absolute Gasteiger partial charge is 0.407 e. The average Bonchev–Trinajstić information content (AvgIpc) is 2.73. The van der Waals surface area contributed by atoms with Crippen LogP contribution in [0.4, 0.5) is 10.5 Å². The number of guanidine groups is 1. The van der Waals surface area contributed by atoms with Gasteiger partial charge in [-0.05, 0) is 51.3 Å². The van der Waals surface area contributed by atoms with E-state index in [1.807, 2.05) is 45.0 Å². The van der Waals surface area contributed by atoms with Crippen molar-refractivity contribution in [3.63, 3.8) is 0 Å². The van der Waals surface area contributed by atoms with Crippen LogP contribution in [0.2, 0.25) is 0 Å². The molecule has 0 radical (unpaired) electrons. The van der Waals surface area contributed by atoms with Gasteiger partial charge in [-0.3, -0.25) is 9.79 Å². The fourth-order valence-electron chi connectivity index (χ4n) is 3.43. The largest absolute Gasteiger partial charge is 0.444 e. The fourth-order valence-corrected chi connectivity index (χ4v) is 3.43. The van der Waals surface area contributed by atoms with Gasteiger partial charge in [-0.1, -0.05) is 31.4 Å². The minimum absolute atomic E-state index is 0.125. The molecule has 172 valence electrons. The number of nitrogens with one attached hydrogen (secondary N) is 4. The molecular formula is C23H37N5O3. The van der Waals surface area contributed by atoms with E-state index in [4.69, 9.17) is 4.74 Å². The molecule has 0 saturated heterocycles. The highest BCUT2D eigenvalue weighted by Crippen LogP contribution is 2.25. The van der Waals surface area contributed by atoms with Crippen LogP contribution in [-0.2, 0) is 16.1 Å². The number of alkyl carbamates (subject to hydrolysis) is 1. The Morgan fingerprint density at radius 1 is 1.06 bits per heavy atom. The first-order chi connectivity index (χ1) is 14.8. The predicted octanol–water partition coefficient (Wildman–Crippen LogP) is 3.40. The number of anilines is 1. The topological polar surface area (TPSA) is 104 Å². The number of ether oxygens (including phenoxy) is 1. The highest BCUT2D eigenvalue weighted by Gasteiger charge is 2.21. The molecule has 31 heavy (non-hydrogen) atoms. The molecular weight excluding hydrogens is 394 g/mol. The maximum Gasteiger partial charge on any atom is 0.407 e. The highest BCUT2D eigenvalue weighted by molar-refractivity contribution is 5.92. The minimum Gasteiger partial charge on any atom is -0.444 e. The molecule has 0 unspecified atom stereocenters. The lowest BCUT2D eigenvalue weighted by molar-refractivity contribution is -0.120. The molecule has 8 heteroatoms. The van der Waals surface area contributed by atoms with Crippen molar-refractivity contribution in [1.82, 2.24) is 16.0 Å². The summed E-state index contributed by atoms with van der Waals surface area (Å²) >= 11 is 0. The van der Waals surface area contributed by atoms with E-state index in [1.165, 1.54) is 6.42 Å². The molecule has 1 fully saturated rings. The lowest BCUT2D eigenvalue weighted by Crippen LogP contribution is -2.42. The van der Waals surface area contributed by atoms with E-state index in [-0.39, 0.29) is 11.8 Å². The van der Waals surface area contributed by atoms with Gasteiger partial charge in [0.15, 0.2) is 5.96 Å². The van der Waals surface area contributed by atoms with Crippen LogP contribution in [0.5, 0.6) is 0 Å². The van der Waals surface area contributed by atoms with Crippen molar-refractivity contribution in [3.8, 4) is 0 Å². The molecule has 2 amide bonds. The SMILES string of the molecule is CN=C(NCCNC(=O)OC(C)(C)C)NCc1cccc(NC(=O)C2CCCCC2)c1. The molecule has 1 saturated carbocycles. The van der Waals surface area contributed by atoms with Gasteiger partial charge in [0, 0.05) is 38.3 Å². The second kappa shape index (κ2) is 12.2. The molecule has 8 nitrogen and oxygen atoms in total. The summed E-state index contributed by atoms with van der Waals surface area (Å²) in [5, 5.41) is 12.1. The van der Waals surface area contributed by atoms with Crippen LogP contribution in [0.25, 0.3) is 0 Å². The Bertz CT molecular complexity index is 752. The second-order valence-corrected chi connectivity index (χ2v) is 8.81. The molecule has 0 aromatic heterocycles. The van der Waals surface area contributed by atoms with Gasteiger partial charge in [-0.25, -0.2) is 4.79 Å². The number of aliphatic imine (C=N–C) groups is 1. The van der Waals surface area contributed by atoms with Crippen LogP contribution in [0, 0.1) is 5.92 Å². The first kappa shape index (κ1) is 24.5. The zero-order valence-corrected chi connectivity index (χ0v) is 19.2. The van der Waals surface area contributed by atoms with Crippen LogP contribution < -0.4 is 21.3 Å². The lowest BCUT2D eigenvalue weighted by Gasteiger charge is -2.21. The molecule has 0 bridgehead atoms. The summed E-state index contributed by atoms with van der Waals surface area (Å²) < 4.78 is 5.20. The zero-order valence-electron chi connectivity index (χ0n) is 19.2. The maximum atomic E-state index is 12.5. The summed E-state index contributed by atoms with van der Waals surface area (Å²) in [6, 6.07) is 7.83. The first-order valence-electron chi connectivity index (χ1n) is 11.1. The molecule has 1 aromatic carbocycles. The van der Waals surface area contributed by atoms with Crippen LogP contribution in [0.1, 0.15) is 58.4 Å². The van der Waals surface area contributed by atoms with Crippen LogP contribution in [0.15, 0.2) is 29.3 Å². The maximum absolute atomic E-state index is 12.5. The van der Waals surface area contributed by atoms with Gasteiger partial charge in [0.2, 0.25) is 5.91 Å². The van der Waals surface area contributed by atoms with E-state index >= 15 is 0 Å². The van der Waals surface area contributed by atoms with E-state index < -0.39 is 11.7 Å². The Morgan fingerprint density at radius 2 is 1.77 bits per heavy atom. The Labute approximate surface area is 185 Å². The van der Waals surface area contributed by atoms with Crippen molar-refractivity contribution in [1.29, 1.82) is 0 Å². The molecule has 2 rings (SSSR count). The van der Waals surface area contributed by atoms with Gasteiger partial charge in [-0.2, -0.15) is 0 Å². The van der Waals surface area contributed by atoms with Gasteiger partial charge in [0.05, 0.1) is 0 Å². The van der Waals surface area contributed by atoms with E-state index in [1.54, 1.807) is 7.05 Å². The molecule has 0 heterocycles. The fraction of sp³-hybridized carbons (Fsp3) is 0.609. The Kier molecular flexibility index (Phi) is 9.62. The Morgan fingerprint density at radius 3 is 2.45 bits per heavy atom. The van der Waals surface area contributed by atoms with E-state index in [0.717, 1.165) is 36.9 Å². The summed E-state index contributed by atoms with van der Waals surface area (Å²) in [4.78, 5) is 28.3. The van der Waals surface area contributed by atoms with E-state index in [2.05, 4.69) is 26.3 Å². The minimum atomic E-state index is -0.514. The summed E-state index contributed by atoms with van der Waals surface area (Å²) in [6.07, 6.45) is 5.04. The number of benzene rings is 1. The number of nitrogens with zero attached hydrogens (tertiary/aromatic N) is 1. The molecule has 1 aromatic rings. The van der Waals surface area contributed by atoms with Gasteiger partial charge in [0.25, 0.3) is 0 Å². The van der Waals surface area contributed by atoms with Crippen molar-refractivity contribution in [2.24, 2.45) is 10.9 Å². The Hall–Kier alpha value is -2.77. The quantitative estimate of drug-likeness (QED) is 0.301. The van der Waals surface area contributed by atoms with Crippen molar-refractivity contribution in [3.05, 3.63) is 29.8 Å². The lowest BCUT2D eigenvalue weighted by atomic mass is 9.88. The summed E-state index contributed by atoms with van der Waals surface area (Å²) in [7, 11) is 1.69. The summed E-state index contributed by atoms with van der Waals surface area (Å²) in [5.74, 6) is 0.884. The van der Waals surface area contributed by atoms with Crippen molar-refractivity contribution >= 4 is 23.6 Å². The van der Waals surface area contributed by atoms with Gasteiger partial charge in [-0.15, -0.1) is 0 Å². The molecule has 0 aliphatic heterocycles. The van der Waals surface area contributed by atoms with Gasteiger partial charge < -0.3 is 26.0 Å². The number of amides is 2. The number of carbonyl (C=O) groups excluding carboxylic acids is 2. The normalized spacial score (nSPS) is 15.2. The number of carbonyl (C=O) groups is 2. The Balaban J connectivity index is 1.73. The summed E-state index contributed by atoms with van der Waals surface area (Å²) in [5.41, 5.74) is 1.34. The van der Waals surface area contributed by atoms with E-state index in [0.29, 0.717) is 25.6 Å². The molecule has 4 N–H and O–H groups in total. The van der Waals surface area contributed by atoms with Crippen LogP contribution in [-0.4, -0.2) is 43.7 Å². The van der Waals surface area contributed by atoms with Crippen LogP contribution >= 0.6 is 0 Å². The second-order valence-electron chi connectivity index (χ2n) is 8.81. The predicted molar refractivity (Wildman–Crippen MR) is 124 cm³/mol. The average molecular weight is 432 g/mol. The number of hydrogen-bond acceptors (Lipinski definition) is 4. The summed E-state index contributed by atoms with van der Waals surface area (Å²) in [6.45, 7) is 6.97. The number of hydrogen-bond donors (Lipinski definition) is 4. The van der Waals surface area contributed by atoms with Crippen LogP contribution in [0.3, 0.4) is 0 Å². The van der Waals surface area contributed by atoms with Crippen molar-refractivity contribution in [2.45, 2.75) is 65.0 Å². The third kappa shape index (κ3) is 9.72. The third-order valence-corrected chi connectivity index (χ3v) is 4.94. The standard InChI is InChI=1S/C23H37N5O3/c1-23(2,3)31-22(30)26-14-13-25-21(24-4)27-16-17-9-8-12-19(15-17)28-20(29)18-10-6-5-7-11-18/h8-9,12,15,18H,5-7,10-11,13-14,16H2,1-4H3,(H,26,30)(H,28,29)(H2,24,25,27). The molecule has 1 aliphatic rings. The highest BCUT2D eigenvalue weighted by atomic mass is 16.6. The zero-order chi connectivity index (χ0) is 22.7. The van der Waals surface area contributed by atoms with Crippen molar-refractivity contribution < 1.29 is 14.3 Å². The van der Waals surface area contributed by atoms with Gasteiger partial charge in [0.1, 0.15) is 5.60 Å². The van der Waals surface area contributed by atoms with Crippen molar-refractivity contribution in [2.75, 3.05) is 25.5 Å². The third-order valence-electron chi connectivity index (χ3n) is 4.94. The molecule has 0 spiro atoms. The molecule has 0 atom stereocenters. The monoisotopic (exact) mass is 431 g/mol. The number of rotatable bonds is 7. The molecule has 1 aliphatic carbocycles.